The molecule has 15 heavy (non-hydrogen) atoms. The van der Waals surface area contributed by atoms with E-state index in [1.54, 1.807) is 0 Å². The van der Waals surface area contributed by atoms with E-state index < -0.39 is 0 Å². The fourth-order valence-electron chi connectivity index (χ4n) is 2.30. The van der Waals surface area contributed by atoms with Crippen molar-refractivity contribution < 1.29 is 5.11 Å². The summed E-state index contributed by atoms with van der Waals surface area (Å²) in [4.78, 5) is 0. The van der Waals surface area contributed by atoms with Gasteiger partial charge in [-0.3, -0.25) is 5.11 Å². The lowest BCUT2D eigenvalue weighted by Gasteiger charge is -2.02. The lowest BCUT2D eigenvalue weighted by molar-refractivity contribution is 0.348. The molecule has 0 spiro atoms. The molecule has 0 unspecified atom stereocenters. The third kappa shape index (κ3) is 1.09. The van der Waals surface area contributed by atoms with E-state index in [0.717, 1.165) is 23.1 Å². The van der Waals surface area contributed by atoms with E-state index in [2.05, 4.69) is 18.2 Å². The van der Waals surface area contributed by atoms with Crippen LogP contribution in [0.1, 0.15) is 16.7 Å². The average Bonchev–Trinajstić information content (AvgIpc) is 2.63. The third-order valence-corrected chi connectivity index (χ3v) is 3.13. The smallest absolute Gasteiger partial charge is 0.185 e. The van der Waals surface area contributed by atoms with E-state index in [1.165, 1.54) is 11.1 Å². The largest absolute Gasteiger partial charge is 0.289 e. The summed E-state index contributed by atoms with van der Waals surface area (Å²) in [5, 5.41) is 11.9. The summed E-state index contributed by atoms with van der Waals surface area (Å²) in [6, 6.07) is 12.2. The molecule has 2 aromatic rings. The van der Waals surface area contributed by atoms with Gasteiger partial charge in [0.15, 0.2) is 5.75 Å². The first-order valence-corrected chi connectivity index (χ1v) is 5.15. The minimum Gasteiger partial charge on any atom is -0.289 e. The van der Waals surface area contributed by atoms with Gasteiger partial charge in [0.1, 0.15) is 0 Å². The van der Waals surface area contributed by atoms with E-state index in [-0.39, 0.29) is 5.75 Å². The molecule has 1 aliphatic rings. The zero-order valence-corrected chi connectivity index (χ0v) is 8.58. The summed E-state index contributed by atoms with van der Waals surface area (Å²) in [7, 11) is 0. The van der Waals surface area contributed by atoms with Crippen molar-refractivity contribution in [2.24, 2.45) is 0 Å². The van der Waals surface area contributed by atoms with E-state index in [9.17, 15) is 5.11 Å². The Morgan fingerprint density at radius 2 is 1.80 bits per heavy atom. The van der Waals surface area contributed by atoms with Crippen molar-refractivity contribution in [1.29, 1.82) is 0 Å². The predicted octanol–water partition coefficient (Wildman–Crippen LogP) is 3.71. The molecule has 0 atom stereocenters. The van der Waals surface area contributed by atoms with Crippen LogP contribution in [0, 0.1) is 6.92 Å². The highest BCUT2D eigenvalue weighted by atomic mass is 16.3. The summed E-state index contributed by atoms with van der Waals surface area (Å²) in [6.07, 6.45) is 0.798. The molecule has 0 saturated heterocycles. The van der Waals surface area contributed by atoms with Gasteiger partial charge in [0.05, 0.1) is 0 Å². The van der Waals surface area contributed by atoms with Crippen LogP contribution in [-0.2, 0) is 11.5 Å². The van der Waals surface area contributed by atoms with Gasteiger partial charge in [-0.2, -0.15) is 0 Å². The molecule has 3 rings (SSSR count). The lowest BCUT2D eigenvalue weighted by atomic mass is 10.0. The van der Waals surface area contributed by atoms with E-state index >= 15 is 0 Å². The van der Waals surface area contributed by atoms with Gasteiger partial charge in [-0.05, 0) is 29.2 Å². The van der Waals surface area contributed by atoms with Crippen molar-refractivity contribution in [3.63, 3.8) is 0 Å². The topological polar surface area (TPSA) is 19.9 Å². The van der Waals surface area contributed by atoms with Crippen LogP contribution < -0.4 is 0 Å². The van der Waals surface area contributed by atoms with Crippen molar-refractivity contribution in [3.05, 3.63) is 53.1 Å². The van der Waals surface area contributed by atoms with Crippen molar-refractivity contribution in [2.75, 3.05) is 0 Å². The van der Waals surface area contributed by atoms with Crippen molar-refractivity contribution in [2.45, 2.75) is 13.3 Å². The second kappa shape index (κ2) is 2.86. The summed E-state index contributed by atoms with van der Waals surface area (Å²) < 4.78 is 0. The average molecular weight is 195 g/mol. The molecule has 1 radical (unpaired) electrons. The van der Waals surface area contributed by atoms with Gasteiger partial charge in [0.25, 0.3) is 0 Å². The van der Waals surface area contributed by atoms with Crippen LogP contribution >= 0.6 is 0 Å². The number of benzene rings is 2. The Balaban J connectivity index is 2.31. The molecule has 0 N–H and O–H groups in total. The standard InChI is InChI=1S/C14H11O/c1-9-6-7-12-11-5-3-2-4-10(11)8-13(12)14(9)15/h2-7H,8H2,1H3. The first kappa shape index (κ1) is 8.54. The third-order valence-electron chi connectivity index (χ3n) is 3.13. The SMILES string of the molecule is Cc1ccc2c(c1[O])Cc1ccccc1-2. The van der Waals surface area contributed by atoms with Gasteiger partial charge >= 0.3 is 0 Å². The minimum atomic E-state index is 0.212. The fourth-order valence-corrected chi connectivity index (χ4v) is 2.30. The molecule has 1 nitrogen and oxygen atoms in total. The molecule has 0 heterocycles. The van der Waals surface area contributed by atoms with Crippen LogP contribution in [0.4, 0.5) is 0 Å². The molecule has 0 bridgehead atoms. The number of hydrogen-bond donors (Lipinski definition) is 0. The molecule has 0 fully saturated rings. The maximum absolute atomic E-state index is 11.9. The number of fused-ring (bicyclic) bond motifs is 3. The molecule has 2 aromatic carbocycles. The molecule has 0 aromatic heterocycles. The minimum absolute atomic E-state index is 0.212. The van der Waals surface area contributed by atoms with Crippen LogP contribution in [0.3, 0.4) is 0 Å². The van der Waals surface area contributed by atoms with Crippen LogP contribution in [0.15, 0.2) is 36.4 Å². The first-order valence-electron chi connectivity index (χ1n) is 5.15. The van der Waals surface area contributed by atoms with Crippen molar-refractivity contribution in [3.8, 4) is 16.9 Å². The second-order valence-corrected chi connectivity index (χ2v) is 4.07. The van der Waals surface area contributed by atoms with Gasteiger partial charge in [-0.1, -0.05) is 36.4 Å². The summed E-state index contributed by atoms with van der Waals surface area (Å²) in [5.74, 6) is 0.212. The highest BCUT2D eigenvalue weighted by molar-refractivity contribution is 5.79. The first-order chi connectivity index (χ1) is 7.27. The molecule has 0 aliphatic heterocycles. The van der Waals surface area contributed by atoms with Gasteiger partial charge in [0.2, 0.25) is 0 Å². The zero-order valence-electron chi connectivity index (χ0n) is 8.58. The zero-order chi connectivity index (χ0) is 10.4. The molecular weight excluding hydrogens is 184 g/mol. The van der Waals surface area contributed by atoms with Crippen LogP contribution in [0.5, 0.6) is 5.75 Å². The molecule has 0 amide bonds. The van der Waals surface area contributed by atoms with Gasteiger partial charge < -0.3 is 0 Å². The van der Waals surface area contributed by atoms with Crippen molar-refractivity contribution in [1.82, 2.24) is 0 Å². The van der Waals surface area contributed by atoms with E-state index in [0.29, 0.717) is 0 Å². The van der Waals surface area contributed by atoms with Gasteiger partial charge in [-0.25, -0.2) is 0 Å². The Kier molecular flexibility index (Phi) is 1.63. The van der Waals surface area contributed by atoms with Crippen LogP contribution in [-0.4, -0.2) is 0 Å². The summed E-state index contributed by atoms with van der Waals surface area (Å²) >= 11 is 0. The van der Waals surface area contributed by atoms with Crippen molar-refractivity contribution >= 4 is 0 Å². The normalized spacial score (nSPS) is 12.3. The maximum atomic E-state index is 11.9. The molecule has 73 valence electrons. The predicted molar refractivity (Wildman–Crippen MR) is 59.6 cm³/mol. The second-order valence-electron chi connectivity index (χ2n) is 4.07. The highest BCUT2D eigenvalue weighted by Crippen LogP contribution is 2.42. The van der Waals surface area contributed by atoms with E-state index in [4.69, 9.17) is 0 Å². The monoisotopic (exact) mass is 195 g/mol. The molecular formula is C14H11O. The Labute approximate surface area is 89.0 Å². The number of aryl methyl sites for hydroxylation is 1. The molecule has 1 aliphatic carbocycles. The Bertz CT molecular complexity index is 541. The number of rotatable bonds is 0. The van der Waals surface area contributed by atoms with Gasteiger partial charge in [-0.15, -0.1) is 0 Å². The van der Waals surface area contributed by atoms with Crippen LogP contribution in [0.25, 0.3) is 11.1 Å². The van der Waals surface area contributed by atoms with E-state index in [1.807, 2.05) is 25.1 Å². The maximum Gasteiger partial charge on any atom is 0.185 e. The summed E-state index contributed by atoms with van der Waals surface area (Å²) in [5.41, 5.74) is 5.44. The molecule has 0 saturated carbocycles. The molecule has 1 heteroatoms. The van der Waals surface area contributed by atoms with Gasteiger partial charge in [0, 0.05) is 12.0 Å². The lowest BCUT2D eigenvalue weighted by Crippen LogP contribution is -1.83. The quantitative estimate of drug-likeness (QED) is 0.521. The Morgan fingerprint density at radius 3 is 2.67 bits per heavy atom. The Hall–Kier alpha value is -1.76. The summed E-state index contributed by atoms with van der Waals surface area (Å²) in [6.45, 7) is 1.88. The Morgan fingerprint density at radius 1 is 1.00 bits per heavy atom. The fraction of sp³-hybridized carbons (Fsp3) is 0.143. The van der Waals surface area contributed by atoms with Crippen LogP contribution in [0.2, 0.25) is 0 Å². The number of hydrogen-bond acceptors (Lipinski definition) is 0. The highest BCUT2D eigenvalue weighted by Gasteiger charge is 2.22.